The van der Waals surface area contributed by atoms with E-state index in [0.717, 1.165) is 35.0 Å². The average Bonchev–Trinajstić information content (AvgIpc) is 3.14. The summed E-state index contributed by atoms with van der Waals surface area (Å²) in [5, 5.41) is 15.1. The first-order valence-corrected chi connectivity index (χ1v) is 8.57. The van der Waals surface area contributed by atoms with Crippen LogP contribution >= 0.6 is 11.3 Å². The van der Waals surface area contributed by atoms with E-state index in [1.165, 1.54) is 34.2 Å². The molecular weight excluding hydrogens is 292 g/mol. The van der Waals surface area contributed by atoms with Crippen molar-refractivity contribution in [1.82, 2.24) is 15.2 Å². The van der Waals surface area contributed by atoms with Crippen molar-refractivity contribution in [1.29, 1.82) is 0 Å². The standard InChI is InChI=1S/C17H18N4S/c1-3-18-17-21-20-16(22-17)15-11-5-4-6-13(11)19-14-8-7-10(2)9-12(14)15/h7-9H,3-6H2,1-2H3,(H,18,21). The van der Waals surface area contributed by atoms with Crippen LogP contribution in [0, 0.1) is 6.92 Å². The Labute approximate surface area is 133 Å². The molecule has 0 fully saturated rings. The zero-order valence-electron chi connectivity index (χ0n) is 12.8. The van der Waals surface area contributed by atoms with Crippen molar-refractivity contribution in [2.45, 2.75) is 33.1 Å². The fourth-order valence-corrected chi connectivity index (χ4v) is 4.07. The van der Waals surface area contributed by atoms with Gasteiger partial charge in [0.15, 0.2) is 5.01 Å². The SMILES string of the molecule is CCNc1nnc(-c2c3c(nc4ccc(C)cc24)CCC3)s1. The Hall–Kier alpha value is -2.01. The van der Waals surface area contributed by atoms with Crippen LogP contribution in [0.1, 0.15) is 30.2 Å². The van der Waals surface area contributed by atoms with E-state index in [1.807, 2.05) is 0 Å². The molecule has 0 saturated heterocycles. The Kier molecular flexibility index (Phi) is 3.30. The Bertz CT molecular complexity index is 853. The van der Waals surface area contributed by atoms with Gasteiger partial charge in [-0.15, -0.1) is 10.2 Å². The minimum absolute atomic E-state index is 0.864. The quantitative estimate of drug-likeness (QED) is 0.795. The number of benzene rings is 1. The topological polar surface area (TPSA) is 50.7 Å². The van der Waals surface area contributed by atoms with E-state index in [0.29, 0.717) is 0 Å². The van der Waals surface area contributed by atoms with Crippen LogP contribution in [0.2, 0.25) is 0 Å². The van der Waals surface area contributed by atoms with Crippen LogP contribution in [0.15, 0.2) is 18.2 Å². The number of nitrogens with one attached hydrogen (secondary N) is 1. The van der Waals surface area contributed by atoms with E-state index in [-0.39, 0.29) is 0 Å². The highest BCUT2D eigenvalue weighted by atomic mass is 32.1. The van der Waals surface area contributed by atoms with Crippen LogP contribution < -0.4 is 5.32 Å². The predicted octanol–water partition coefficient (Wildman–Crippen LogP) is 3.98. The molecule has 0 aliphatic heterocycles. The maximum atomic E-state index is 4.87. The van der Waals surface area contributed by atoms with Crippen molar-refractivity contribution < 1.29 is 0 Å². The summed E-state index contributed by atoms with van der Waals surface area (Å²) in [4.78, 5) is 4.87. The van der Waals surface area contributed by atoms with Crippen LogP contribution in [-0.2, 0) is 12.8 Å². The van der Waals surface area contributed by atoms with Crippen molar-refractivity contribution in [3.05, 3.63) is 35.0 Å². The van der Waals surface area contributed by atoms with Gasteiger partial charge in [0.2, 0.25) is 5.13 Å². The highest BCUT2D eigenvalue weighted by Crippen LogP contribution is 2.39. The summed E-state index contributed by atoms with van der Waals surface area (Å²) in [6.07, 6.45) is 3.35. The average molecular weight is 310 g/mol. The van der Waals surface area contributed by atoms with Gasteiger partial charge in [-0.25, -0.2) is 0 Å². The molecule has 0 bridgehead atoms. The van der Waals surface area contributed by atoms with Crippen LogP contribution in [-0.4, -0.2) is 21.7 Å². The van der Waals surface area contributed by atoms with Gasteiger partial charge >= 0.3 is 0 Å². The van der Waals surface area contributed by atoms with E-state index in [2.05, 4.69) is 47.6 Å². The van der Waals surface area contributed by atoms with Crippen molar-refractivity contribution in [3.63, 3.8) is 0 Å². The fourth-order valence-electron chi connectivity index (χ4n) is 3.17. The van der Waals surface area contributed by atoms with Gasteiger partial charge in [-0.05, 0) is 50.8 Å². The van der Waals surface area contributed by atoms with Gasteiger partial charge in [-0.1, -0.05) is 23.0 Å². The number of hydrogen-bond acceptors (Lipinski definition) is 5. The summed E-state index contributed by atoms with van der Waals surface area (Å²) in [6.45, 7) is 5.06. The molecule has 1 aromatic carbocycles. The number of hydrogen-bond donors (Lipinski definition) is 1. The number of rotatable bonds is 3. The number of nitrogens with zero attached hydrogens (tertiary/aromatic N) is 3. The molecule has 0 saturated carbocycles. The highest BCUT2D eigenvalue weighted by molar-refractivity contribution is 7.18. The third-order valence-electron chi connectivity index (χ3n) is 4.13. The van der Waals surface area contributed by atoms with Gasteiger partial charge < -0.3 is 5.32 Å². The lowest BCUT2D eigenvalue weighted by Crippen LogP contribution is -1.95. The molecule has 1 aliphatic rings. The Morgan fingerprint density at radius 3 is 3.00 bits per heavy atom. The van der Waals surface area contributed by atoms with Gasteiger partial charge in [-0.3, -0.25) is 4.98 Å². The highest BCUT2D eigenvalue weighted by Gasteiger charge is 2.22. The molecular formula is C17H18N4S. The molecule has 2 aromatic heterocycles. The number of anilines is 1. The van der Waals surface area contributed by atoms with Gasteiger partial charge in [0.25, 0.3) is 0 Å². The minimum Gasteiger partial charge on any atom is -0.360 e. The third-order valence-corrected chi connectivity index (χ3v) is 5.03. The van der Waals surface area contributed by atoms with Gasteiger partial charge in [0.05, 0.1) is 5.52 Å². The molecule has 3 aromatic rings. The predicted molar refractivity (Wildman–Crippen MR) is 91.6 cm³/mol. The Balaban J connectivity index is 1.99. The summed E-state index contributed by atoms with van der Waals surface area (Å²) in [6, 6.07) is 6.48. The fraction of sp³-hybridized carbons (Fsp3) is 0.353. The molecule has 22 heavy (non-hydrogen) atoms. The molecule has 5 heteroatoms. The molecule has 1 aliphatic carbocycles. The van der Waals surface area contributed by atoms with Crippen molar-refractivity contribution in [2.24, 2.45) is 0 Å². The van der Waals surface area contributed by atoms with Gasteiger partial charge in [0, 0.05) is 23.2 Å². The van der Waals surface area contributed by atoms with Crippen LogP contribution in [0.25, 0.3) is 21.5 Å². The summed E-state index contributed by atoms with van der Waals surface area (Å²) in [5.74, 6) is 0. The summed E-state index contributed by atoms with van der Waals surface area (Å²) in [5.41, 5.74) is 6.19. The zero-order valence-corrected chi connectivity index (χ0v) is 13.6. The number of aromatic nitrogens is 3. The van der Waals surface area contributed by atoms with Crippen molar-refractivity contribution in [3.8, 4) is 10.6 Å². The Morgan fingerprint density at radius 2 is 2.14 bits per heavy atom. The largest absolute Gasteiger partial charge is 0.360 e. The summed E-state index contributed by atoms with van der Waals surface area (Å²) in [7, 11) is 0. The first-order chi connectivity index (χ1) is 10.8. The summed E-state index contributed by atoms with van der Waals surface area (Å²) >= 11 is 1.64. The maximum absolute atomic E-state index is 4.87. The number of fused-ring (bicyclic) bond motifs is 2. The Morgan fingerprint density at radius 1 is 1.23 bits per heavy atom. The van der Waals surface area contributed by atoms with Crippen LogP contribution in [0.3, 0.4) is 0 Å². The van der Waals surface area contributed by atoms with Crippen molar-refractivity contribution in [2.75, 3.05) is 11.9 Å². The lowest BCUT2D eigenvalue weighted by molar-refractivity contribution is 0.901. The molecule has 0 radical (unpaired) electrons. The second-order valence-electron chi connectivity index (χ2n) is 5.73. The number of pyridine rings is 1. The van der Waals surface area contributed by atoms with E-state index in [9.17, 15) is 0 Å². The first-order valence-electron chi connectivity index (χ1n) is 7.76. The molecule has 4 nitrogen and oxygen atoms in total. The molecule has 0 amide bonds. The zero-order chi connectivity index (χ0) is 15.1. The molecule has 1 N–H and O–H groups in total. The molecule has 0 spiro atoms. The molecule has 0 atom stereocenters. The molecule has 2 heterocycles. The molecule has 0 unspecified atom stereocenters. The van der Waals surface area contributed by atoms with Crippen LogP contribution in [0.4, 0.5) is 5.13 Å². The normalized spacial score (nSPS) is 13.5. The van der Waals surface area contributed by atoms with E-state index in [1.54, 1.807) is 11.3 Å². The second-order valence-corrected chi connectivity index (χ2v) is 6.71. The summed E-state index contributed by atoms with van der Waals surface area (Å²) < 4.78 is 0. The second kappa shape index (κ2) is 5.32. The minimum atomic E-state index is 0.864. The smallest absolute Gasteiger partial charge is 0.205 e. The van der Waals surface area contributed by atoms with Gasteiger partial charge in [0.1, 0.15) is 0 Å². The lowest BCUT2D eigenvalue weighted by Gasteiger charge is -2.10. The lowest BCUT2D eigenvalue weighted by atomic mass is 10.0. The number of aryl methyl sites for hydroxylation is 2. The van der Waals surface area contributed by atoms with E-state index >= 15 is 0 Å². The van der Waals surface area contributed by atoms with E-state index in [4.69, 9.17) is 4.98 Å². The molecule has 112 valence electrons. The first kappa shape index (κ1) is 13.6. The molecule has 4 rings (SSSR count). The third kappa shape index (κ3) is 2.16. The van der Waals surface area contributed by atoms with E-state index < -0.39 is 0 Å². The maximum Gasteiger partial charge on any atom is 0.205 e. The van der Waals surface area contributed by atoms with Crippen molar-refractivity contribution >= 4 is 27.4 Å². The monoisotopic (exact) mass is 310 g/mol. The van der Waals surface area contributed by atoms with Crippen LogP contribution in [0.5, 0.6) is 0 Å². The van der Waals surface area contributed by atoms with Gasteiger partial charge in [-0.2, -0.15) is 0 Å².